The molecular formula is C19H23FN2O2. The second kappa shape index (κ2) is 6.99. The number of nitrogens with zero attached hydrogens (tertiary/aromatic N) is 2. The maximum atomic E-state index is 13.5. The molecule has 0 saturated heterocycles. The van der Waals surface area contributed by atoms with Crippen LogP contribution in [0.3, 0.4) is 0 Å². The van der Waals surface area contributed by atoms with Crippen LogP contribution in [-0.2, 0) is 4.74 Å². The zero-order valence-electron chi connectivity index (χ0n) is 14.7. The van der Waals surface area contributed by atoms with Gasteiger partial charge in [0, 0.05) is 12.2 Å². The van der Waals surface area contributed by atoms with Crippen LogP contribution in [-0.4, -0.2) is 22.7 Å². The second-order valence-electron chi connectivity index (χ2n) is 6.86. The van der Waals surface area contributed by atoms with Crippen molar-refractivity contribution in [1.29, 1.82) is 0 Å². The third-order valence-corrected chi connectivity index (χ3v) is 3.26. The van der Waals surface area contributed by atoms with E-state index in [9.17, 15) is 9.18 Å². The minimum absolute atomic E-state index is 0.130. The van der Waals surface area contributed by atoms with E-state index < -0.39 is 11.7 Å². The van der Waals surface area contributed by atoms with Crippen LogP contribution >= 0.6 is 0 Å². The van der Waals surface area contributed by atoms with Crippen LogP contribution in [0.4, 0.5) is 15.0 Å². The highest BCUT2D eigenvalue weighted by Gasteiger charge is 2.26. The molecule has 4 nitrogen and oxygen atoms in total. The lowest BCUT2D eigenvalue weighted by molar-refractivity contribution is 0.0569. The highest BCUT2D eigenvalue weighted by atomic mass is 19.1. The molecule has 0 aliphatic rings. The average molecular weight is 330 g/mol. The third-order valence-electron chi connectivity index (χ3n) is 3.26. The number of ether oxygens (including phenoxy) is 1. The van der Waals surface area contributed by atoms with Crippen LogP contribution in [0.15, 0.2) is 42.6 Å². The third kappa shape index (κ3) is 4.54. The fourth-order valence-electron chi connectivity index (χ4n) is 2.28. The van der Waals surface area contributed by atoms with Gasteiger partial charge in [-0.1, -0.05) is 12.1 Å². The smallest absolute Gasteiger partial charge is 0.416 e. The van der Waals surface area contributed by atoms with Gasteiger partial charge < -0.3 is 4.74 Å². The number of hydrogen-bond donors (Lipinski definition) is 0. The summed E-state index contributed by atoms with van der Waals surface area (Å²) in [5, 5.41) is 0. The minimum atomic E-state index is -0.593. The Balaban J connectivity index is 2.38. The Bertz CT molecular complexity index is 723. The van der Waals surface area contributed by atoms with Gasteiger partial charge in [0.15, 0.2) is 0 Å². The van der Waals surface area contributed by atoms with Crippen molar-refractivity contribution in [3.63, 3.8) is 0 Å². The van der Waals surface area contributed by atoms with Crippen molar-refractivity contribution in [3.05, 3.63) is 48.4 Å². The van der Waals surface area contributed by atoms with E-state index in [2.05, 4.69) is 4.98 Å². The SMILES string of the molecule is CC(C)N(C(=O)OC(C)(C)C)c1cc(-c2cccc(F)c2)ccn1. The summed E-state index contributed by atoms with van der Waals surface area (Å²) in [5.74, 6) is 0.166. The van der Waals surface area contributed by atoms with Crippen LogP contribution in [0.2, 0.25) is 0 Å². The summed E-state index contributed by atoms with van der Waals surface area (Å²) in [4.78, 5) is 18.3. The van der Waals surface area contributed by atoms with Gasteiger partial charge in [-0.3, -0.25) is 4.90 Å². The van der Waals surface area contributed by atoms with Gasteiger partial charge in [0.2, 0.25) is 0 Å². The lowest BCUT2D eigenvalue weighted by Crippen LogP contribution is -2.41. The van der Waals surface area contributed by atoms with Crippen molar-refractivity contribution in [2.24, 2.45) is 0 Å². The molecule has 0 aliphatic heterocycles. The largest absolute Gasteiger partial charge is 0.443 e. The van der Waals surface area contributed by atoms with Gasteiger partial charge in [-0.15, -0.1) is 0 Å². The summed E-state index contributed by atoms with van der Waals surface area (Å²) >= 11 is 0. The molecular weight excluding hydrogens is 307 g/mol. The van der Waals surface area contributed by atoms with Crippen molar-refractivity contribution in [2.45, 2.75) is 46.3 Å². The summed E-state index contributed by atoms with van der Waals surface area (Å²) < 4.78 is 18.9. The number of hydrogen-bond acceptors (Lipinski definition) is 3. The maximum absolute atomic E-state index is 13.5. The van der Waals surface area contributed by atoms with Gasteiger partial charge in [-0.05, 0) is 70.0 Å². The number of carbonyl (C=O) groups excluding carboxylic acids is 1. The molecule has 0 radical (unpaired) electrons. The predicted octanol–water partition coefficient (Wildman–Crippen LogP) is 5.04. The Kier molecular flexibility index (Phi) is 5.22. The summed E-state index contributed by atoms with van der Waals surface area (Å²) in [5.41, 5.74) is 0.921. The zero-order chi connectivity index (χ0) is 17.9. The summed E-state index contributed by atoms with van der Waals surface area (Å²) in [6, 6.07) is 9.73. The van der Waals surface area contributed by atoms with Gasteiger partial charge in [0.1, 0.15) is 17.2 Å². The van der Waals surface area contributed by atoms with E-state index in [1.165, 1.54) is 17.0 Å². The maximum Gasteiger partial charge on any atom is 0.416 e. The van der Waals surface area contributed by atoms with Crippen LogP contribution in [0.25, 0.3) is 11.1 Å². The molecule has 0 bridgehead atoms. The second-order valence-corrected chi connectivity index (χ2v) is 6.86. The number of halogens is 1. The molecule has 0 unspecified atom stereocenters. The molecule has 1 heterocycles. The van der Waals surface area contributed by atoms with E-state index >= 15 is 0 Å². The summed E-state index contributed by atoms with van der Waals surface area (Å²) in [7, 11) is 0. The number of anilines is 1. The average Bonchev–Trinajstić information content (AvgIpc) is 2.45. The van der Waals surface area contributed by atoms with Gasteiger partial charge >= 0.3 is 6.09 Å². The molecule has 0 fully saturated rings. The first-order chi connectivity index (χ1) is 11.2. The Morgan fingerprint density at radius 3 is 2.42 bits per heavy atom. The van der Waals surface area contributed by atoms with Crippen molar-refractivity contribution >= 4 is 11.9 Å². The summed E-state index contributed by atoms with van der Waals surface area (Å²) in [6.45, 7) is 9.24. The molecule has 0 saturated carbocycles. The number of aromatic nitrogens is 1. The highest BCUT2D eigenvalue weighted by molar-refractivity contribution is 5.88. The molecule has 0 spiro atoms. The van der Waals surface area contributed by atoms with E-state index in [-0.39, 0.29) is 11.9 Å². The van der Waals surface area contributed by atoms with Crippen LogP contribution in [0.5, 0.6) is 0 Å². The minimum Gasteiger partial charge on any atom is -0.443 e. The van der Waals surface area contributed by atoms with Gasteiger partial charge in [0.25, 0.3) is 0 Å². The molecule has 5 heteroatoms. The standard InChI is InChI=1S/C19H23FN2O2/c1-13(2)22(18(23)24-19(3,4)5)17-12-15(9-10-21-17)14-7-6-8-16(20)11-14/h6-13H,1-5H3. The highest BCUT2D eigenvalue weighted by Crippen LogP contribution is 2.25. The van der Waals surface area contributed by atoms with E-state index in [1.54, 1.807) is 24.4 Å². The molecule has 0 atom stereocenters. The quantitative estimate of drug-likeness (QED) is 0.792. The van der Waals surface area contributed by atoms with Gasteiger partial charge in [-0.2, -0.15) is 0 Å². The van der Waals surface area contributed by atoms with Gasteiger partial charge in [0.05, 0.1) is 0 Å². The van der Waals surface area contributed by atoms with Crippen LogP contribution in [0.1, 0.15) is 34.6 Å². The summed E-state index contributed by atoms with van der Waals surface area (Å²) in [6.07, 6.45) is 1.15. The molecule has 24 heavy (non-hydrogen) atoms. The lowest BCUT2D eigenvalue weighted by atomic mass is 10.1. The molecule has 2 rings (SSSR count). The van der Waals surface area contributed by atoms with Crippen molar-refractivity contribution in [3.8, 4) is 11.1 Å². The topological polar surface area (TPSA) is 42.4 Å². The molecule has 0 aliphatic carbocycles. The molecule has 2 aromatic rings. The first-order valence-corrected chi connectivity index (χ1v) is 7.91. The zero-order valence-corrected chi connectivity index (χ0v) is 14.7. The number of benzene rings is 1. The number of amides is 1. The Morgan fingerprint density at radius 2 is 1.83 bits per heavy atom. The lowest BCUT2D eigenvalue weighted by Gasteiger charge is -2.29. The monoisotopic (exact) mass is 330 g/mol. The van der Waals surface area contributed by atoms with Gasteiger partial charge in [-0.25, -0.2) is 14.2 Å². The van der Waals surface area contributed by atoms with E-state index in [0.717, 1.165) is 11.1 Å². The molecule has 0 N–H and O–H groups in total. The molecule has 1 aromatic carbocycles. The Morgan fingerprint density at radius 1 is 1.17 bits per heavy atom. The van der Waals surface area contributed by atoms with Crippen LogP contribution < -0.4 is 4.90 Å². The fraction of sp³-hybridized carbons (Fsp3) is 0.368. The van der Waals surface area contributed by atoms with E-state index in [0.29, 0.717) is 5.82 Å². The molecule has 1 amide bonds. The number of rotatable bonds is 3. The van der Waals surface area contributed by atoms with Crippen molar-refractivity contribution in [1.82, 2.24) is 4.98 Å². The number of carbonyl (C=O) groups is 1. The fourth-order valence-corrected chi connectivity index (χ4v) is 2.28. The Labute approximate surface area is 142 Å². The molecule has 1 aromatic heterocycles. The van der Waals surface area contributed by atoms with Crippen LogP contribution in [0, 0.1) is 5.82 Å². The van der Waals surface area contributed by atoms with E-state index in [4.69, 9.17) is 4.74 Å². The Hall–Kier alpha value is -2.43. The molecule has 128 valence electrons. The predicted molar refractivity (Wildman–Crippen MR) is 93.5 cm³/mol. The first kappa shape index (κ1) is 17.9. The first-order valence-electron chi connectivity index (χ1n) is 7.91. The number of pyridine rings is 1. The van der Waals surface area contributed by atoms with Crippen molar-refractivity contribution in [2.75, 3.05) is 4.90 Å². The normalized spacial score (nSPS) is 11.5. The van der Waals surface area contributed by atoms with E-state index in [1.807, 2.05) is 40.7 Å². The van der Waals surface area contributed by atoms with Crippen molar-refractivity contribution < 1.29 is 13.9 Å².